The van der Waals surface area contributed by atoms with Crippen LogP contribution in [0.3, 0.4) is 0 Å². The van der Waals surface area contributed by atoms with Gasteiger partial charge in [-0.3, -0.25) is 4.79 Å². The summed E-state index contributed by atoms with van der Waals surface area (Å²) in [6.45, 7) is 8.10. The standard InChI is InChI=1S/C12H20N2OS/c1-12(2,3)10-5-4-9(16-10)8-14-7-6-11(13)15/h4-5,14H,6-8H2,1-3H3,(H2,13,15). The van der Waals surface area contributed by atoms with Gasteiger partial charge in [0.1, 0.15) is 0 Å². The summed E-state index contributed by atoms with van der Waals surface area (Å²) in [7, 11) is 0. The van der Waals surface area contributed by atoms with Crippen molar-refractivity contribution < 1.29 is 4.79 Å². The largest absolute Gasteiger partial charge is 0.370 e. The number of amides is 1. The van der Waals surface area contributed by atoms with Crippen LogP contribution in [-0.4, -0.2) is 12.5 Å². The Morgan fingerprint density at radius 2 is 2.12 bits per heavy atom. The normalized spacial score (nSPS) is 11.7. The highest BCUT2D eigenvalue weighted by atomic mass is 32.1. The van der Waals surface area contributed by atoms with Crippen molar-refractivity contribution in [3.8, 4) is 0 Å². The van der Waals surface area contributed by atoms with Crippen molar-refractivity contribution >= 4 is 17.2 Å². The molecule has 1 amide bonds. The van der Waals surface area contributed by atoms with Gasteiger partial charge >= 0.3 is 0 Å². The Labute approximate surface area is 101 Å². The Bertz CT molecular complexity index is 352. The minimum absolute atomic E-state index is 0.218. The summed E-state index contributed by atoms with van der Waals surface area (Å²) in [6, 6.07) is 4.32. The van der Waals surface area contributed by atoms with Gasteiger partial charge in [0, 0.05) is 29.3 Å². The molecular formula is C12H20N2OS. The number of hydrogen-bond donors (Lipinski definition) is 2. The molecule has 0 fully saturated rings. The van der Waals surface area contributed by atoms with Crippen molar-refractivity contribution in [2.24, 2.45) is 5.73 Å². The second-order valence-electron chi connectivity index (χ2n) is 4.91. The van der Waals surface area contributed by atoms with Gasteiger partial charge in [0.05, 0.1) is 0 Å². The molecule has 3 nitrogen and oxygen atoms in total. The third-order valence-corrected chi connectivity index (χ3v) is 3.76. The molecule has 16 heavy (non-hydrogen) atoms. The van der Waals surface area contributed by atoms with Gasteiger partial charge in [0.25, 0.3) is 0 Å². The van der Waals surface area contributed by atoms with E-state index in [1.807, 2.05) is 11.3 Å². The van der Waals surface area contributed by atoms with E-state index in [4.69, 9.17) is 5.73 Å². The number of carbonyl (C=O) groups is 1. The molecule has 0 spiro atoms. The first kappa shape index (κ1) is 13.2. The summed E-state index contributed by atoms with van der Waals surface area (Å²) in [4.78, 5) is 13.2. The Balaban J connectivity index is 2.38. The van der Waals surface area contributed by atoms with Gasteiger partial charge in [-0.1, -0.05) is 20.8 Å². The van der Waals surface area contributed by atoms with Gasteiger partial charge in [0.15, 0.2) is 0 Å². The highest BCUT2D eigenvalue weighted by molar-refractivity contribution is 7.12. The van der Waals surface area contributed by atoms with Crippen LogP contribution in [0.15, 0.2) is 12.1 Å². The number of nitrogens with two attached hydrogens (primary N) is 1. The number of thiophene rings is 1. The van der Waals surface area contributed by atoms with Crippen molar-refractivity contribution in [1.29, 1.82) is 0 Å². The molecule has 1 rings (SSSR count). The van der Waals surface area contributed by atoms with Crippen LogP contribution < -0.4 is 11.1 Å². The summed E-state index contributed by atoms with van der Waals surface area (Å²) in [5.74, 6) is -0.255. The first-order chi connectivity index (χ1) is 7.39. The zero-order valence-electron chi connectivity index (χ0n) is 10.2. The Hall–Kier alpha value is -0.870. The predicted octanol–water partition coefficient (Wildman–Crippen LogP) is 2.01. The smallest absolute Gasteiger partial charge is 0.218 e. The monoisotopic (exact) mass is 240 g/mol. The number of hydrogen-bond acceptors (Lipinski definition) is 3. The van der Waals surface area contributed by atoms with E-state index >= 15 is 0 Å². The fourth-order valence-electron chi connectivity index (χ4n) is 1.30. The molecule has 0 saturated heterocycles. The van der Waals surface area contributed by atoms with Crippen LogP contribution in [0, 0.1) is 0 Å². The average Bonchev–Trinajstić information content (AvgIpc) is 2.59. The topological polar surface area (TPSA) is 55.1 Å². The molecule has 1 aromatic heterocycles. The second-order valence-corrected chi connectivity index (χ2v) is 6.08. The molecule has 4 heteroatoms. The van der Waals surface area contributed by atoms with Crippen LogP contribution in [0.2, 0.25) is 0 Å². The SMILES string of the molecule is CC(C)(C)c1ccc(CNCCC(N)=O)s1. The van der Waals surface area contributed by atoms with Crippen LogP contribution in [0.4, 0.5) is 0 Å². The summed E-state index contributed by atoms with van der Waals surface area (Å²) in [5.41, 5.74) is 5.28. The predicted molar refractivity (Wildman–Crippen MR) is 68.5 cm³/mol. The second kappa shape index (κ2) is 5.46. The summed E-state index contributed by atoms with van der Waals surface area (Å²) in [5, 5.41) is 3.21. The quantitative estimate of drug-likeness (QED) is 0.774. The van der Waals surface area contributed by atoms with Crippen LogP contribution in [0.25, 0.3) is 0 Å². The van der Waals surface area contributed by atoms with Crippen molar-refractivity contribution in [2.75, 3.05) is 6.54 Å². The maximum atomic E-state index is 10.5. The van der Waals surface area contributed by atoms with Gasteiger partial charge in [0.2, 0.25) is 5.91 Å². The molecule has 90 valence electrons. The van der Waals surface area contributed by atoms with E-state index in [1.54, 1.807) is 0 Å². The molecule has 0 unspecified atom stereocenters. The Morgan fingerprint density at radius 3 is 2.62 bits per heavy atom. The first-order valence-electron chi connectivity index (χ1n) is 5.48. The molecule has 0 atom stereocenters. The lowest BCUT2D eigenvalue weighted by Gasteiger charge is -2.15. The van der Waals surface area contributed by atoms with E-state index in [0.717, 1.165) is 6.54 Å². The Kier molecular flexibility index (Phi) is 4.50. The molecule has 3 N–H and O–H groups in total. The highest BCUT2D eigenvalue weighted by Gasteiger charge is 2.15. The average molecular weight is 240 g/mol. The van der Waals surface area contributed by atoms with Gasteiger partial charge in [-0.15, -0.1) is 11.3 Å². The van der Waals surface area contributed by atoms with Crippen LogP contribution in [0.5, 0.6) is 0 Å². The van der Waals surface area contributed by atoms with E-state index in [-0.39, 0.29) is 11.3 Å². The molecule has 0 aromatic carbocycles. The van der Waals surface area contributed by atoms with E-state index in [0.29, 0.717) is 13.0 Å². The highest BCUT2D eigenvalue weighted by Crippen LogP contribution is 2.29. The zero-order valence-corrected chi connectivity index (χ0v) is 11.0. The molecule has 0 radical (unpaired) electrons. The molecule has 0 saturated carbocycles. The van der Waals surface area contributed by atoms with E-state index in [1.165, 1.54) is 9.75 Å². The summed E-state index contributed by atoms with van der Waals surface area (Å²) < 4.78 is 0. The zero-order chi connectivity index (χ0) is 12.2. The lowest BCUT2D eigenvalue weighted by atomic mass is 9.95. The van der Waals surface area contributed by atoms with Crippen LogP contribution >= 0.6 is 11.3 Å². The van der Waals surface area contributed by atoms with E-state index < -0.39 is 0 Å². The Morgan fingerprint density at radius 1 is 1.44 bits per heavy atom. The lowest BCUT2D eigenvalue weighted by Crippen LogP contribution is -2.21. The molecule has 1 aromatic rings. The third kappa shape index (κ3) is 4.33. The van der Waals surface area contributed by atoms with Gasteiger partial charge in [-0.05, 0) is 17.5 Å². The molecule has 0 bridgehead atoms. The minimum atomic E-state index is -0.255. The maximum absolute atomic E-state index is 10.5. The van der Waals surface area contributed by atoms with E-state index in [2.05, 4.69) is 38.2 Å². The fraction of sp³-hybridized carbons (Fsp3) is 0.583. The lowest BCUT2D eigenvalue weighted by molar-refractivity contribution is -0.117. The number of carbonyl (C=O) groups excluding carboxylic acids is 1. The summed E-state index contributed by atoms with van der Waals surface area (Å²) >= 11 is 1.82. The minimum Gasteiger partial charge on any atom is -0.370 e. The third-order valence-electron chi connectivity index (χ3n) is 2.25. The molecule has 0 aliphatic heterocycles. The molecule has 0 aliphatic rings. The van der Waals surface area contributed by atoms with Crippen molar-refractivity contribution in [3.05, 3.63) is 21.9 Å². The summed E-state index contributed by atoms with van der Waals surface area (Å²) in [6.07, 6.45) is 0.400. The number of rotatable bonds is 5. The van der Waals surface area contributed by atoms with Crippen LogP contribution in [-0.2, 0) is 16.8 Å². The van der Waals surface area contributed by atoms with Crippen molar-refractivity contribution in [3.63, 3.8) is 0 Å². The van der Waals surface area contributed by atoms with E-state index in [9.17, 15) is 4.79 Å². The van der Waals surface area contributed by atoms with Gasteiger partial charge < -0.3 is 11.1 Å². The van der Waals surface area contributed by atoms with Crippen molar-refractivity contribution in [1.82, 2.24) is 5.32 Å². The van der Waals surface area contributed by atoms with Gasteiger partial charge in [-0.2, -0.15) is 0 Å². The molecule has 0 aliphatic carbocycles. The van der Waals surface area contributed by atoms with Gasteiger partial charge in [-0.25, -0.2) is 0 Å². The number of primary amides is 1. The maximum Gasteiger partial charge on any atom is 0.218 e. The fourth-order valence-corrected chi connectivity index (χ4v) is 2.33. The van der Waals surface area contributed by atoms with Crippen LogP contribution in [0.1, 0.15) is 36.9 Å². The molecular weight excluding hydrogens is 220 g/mol. The molecule has 1 heterocycles. The number of nitrogens with one attached hydrogen (secondary N) is 1. The van der Waals surface area contributed by atoms with Crippen molar-refractivity contribution in [2.45, 2.75) is 39.2 Å². The first-order valence-corrected chi connectivity index (χ1v) is 6.29.